The average molecular weight is 469 g/mol. The summed E-state index contributed by atoms with van der Waals surface area (Å²) in [6.45, 7) is 1.64. The van der Waals surface area contributed by atoms with E-state index in [9.17, 15) is 14.7 Å². The highest BCUT2D eigenvalue weighted by Gasteiger charge is 2.47. The van der Waals surface area contributed by atoms with Gasteiger partial charge in [0, 0.05) is 30.3 Å². The van der Waals surface area contributed by atoms with Crippen LogP contribution in [0.15, 0.2) is 42.0 Å². The second-order valence-electron chi connectivity index (χ2n) is 8.26. The Balaban J connectivity index is 1.87. The summed E-state index contributed by atoms with van der Waals surface area (Å²) in [6.07, 6.45) is 0. The van der Waals surface area contributed by atoms with Gasteiger partial charge in [0.25, 0.3) is 11.7 Å². The number of aliphatic hydroxyl groups is 1. The number of methoxy groups -OCH3 is 2. The minimum atomic E-state index is -0.839. The quantitative estimate of drug-likeness (QED) is 0.376. The van der Waals surface area contributed by atoms with E-state index in [1.54, 1.807) is 43.5 Å². The summed E-state index contributed by atoms with van der Waals surface area (Å²) in [5.41, 5.74) is 0.914. The van der Waals surface area contributed by atoms with Crippen LogP contribution in [0.4, 0.5) is 0 Å². The third-order valence-electron chi connectivity index (χ3n) is 5.88. The van der Waals surface area contributed by atoms with Crippen molar-refractivity contribution in [1.29, 1.82) is 0 Å². The lowest BCUT2D eigenvalue weighted by molar-refractivity contribution is -0.140. The van der Waals surface area contributed by atoms with Crippen molar-refractivity contribution in [2.45, 2.75) is 6.04 Å². The number of fused-ring (bicyclic) bond motifs is 1. The second kappa shape index (κ2) is 9.64. The maximum Gasteiger partial charge on any atom is 0.295 e. The number of carbonyl (C=O) groups is 2. The van der Waals surface area contributed by atoms with Crippen molar-refractivity contribution in [3.63, 3.8) is 0 Å². The zero-order valence-electron chi connectivity index (χ0n) is 19.7. The molecule has 2 aromatic rings. The predicted molar refractivity (Wildman–Crippen MR) is 125 cm³/mol. The van der Waals surface area contributed by atoms with E-state index in [2.05, 4.69) is 0 Å². The van der Waals surface area contributed by atoms with Crippen molar-refractivity contribution < 1.29 is 33.6 Å². The topological polar surface area (TPSA) is 97.8 Å². The van der Waals surface area contributed by atoms with Crippen LogP contribution in [0.25, 0.3) is 5.76 Å². The van der Waals surface area contributed by atoms with Gasteiger partial charge in [-0.15, -0.1) is 0 Å². The summed E-state index contributed by atoms with van der Waals surface area (Å²) in [5, 5.41) is 11.3. The highest BCUT2D eigenvalue weighted by molar-refractivity contribution is 6.46. The van der Waals surface area contributed by atoms with Gasteiger partial charge in [0.15, 0.2) is 11.5 Å². The normalized spacial score (nSPS) is 19.0. The van der Waals surface area contributed by atoms with Crippen LogP contribution < -0.4 is 18.9 Å². The Morgan fingerprint density at radius 1 is 1.06 bits per heavy atom. The van der Waals surface area contributed by atoms with Gasteiger partial charge in [0.2, 0.25) is 0 Å². The number of ether oxygens (including phenoxy) is 4. The molecule has 0 spiro atoms. The van der Waals surface area contributed by atoms with Crippen LogP contribution >= 0.6 is 0 Å². The van der Waals surface area contributed by atoms with Crippen molar-refractivity contribution in [3.05, 3.63) is 53.1 Å². The molecule has 1 fully saturated rings. The molecule has 34 heavy (non-hydrogen) atoms. The lowest BCUT2D eigenvalue weighted by atomic mass is 9.94. The van der Waals surface area contributed by atoms with Crippen molar-refractivity contribution in [3.8, 4) is 23.0 Å². The van der Waals surface area contributed by atoms with Gasteiger partial charge in [-0.25, -0.2) is 0 Å². The number of likely N-dealkylation sites (N-methyl/N-ethyl adjacent to an activating group) is 1. The van der Waals surface area contributed by atoms with Crippen LogP contribution in [-0.4, -0.2) is 81.2 Å². The third-order valence-corrected chi connectivity index (χ3v) is 5.88. The Morgan fingerprint density at radius 2 is 1.79 bits per heavy atom. The smallest absolute Gasteiger partial charge is 0.295 e. The predicted octanol–water partition coefficient (Wildman–Crippen LogP) is 2.46. The fourth-order valence-corrected chi connectivity index (χ4v) is 4.13. The molecule has 0 unspecified atom stereocenters. The minimum Gasteiger partial charge on any atom is -0.507 e. The molecule has 0 saturated carbocycles. The Labute approximate surface area is 198 Å². The first-order valence-corrected chi connectivity index (χ1v) is 10.9. The van der Waals surface area contributed by atoms with E-state index in [1.165, 1.54) is 12.0 Å². The van der Waals surface area contributed by atoms with Gasteiger partial charge in [-0.3, -0.25) is 9.59 Å². The van der Waals surface area contributed by atoms with E-state index in [1.807, 2.05) is 19.0 Å². The van der Waals surface area contributed by atoms with Crippen molar-refractivity contribution in [2.75, 3.05) is 54.6 Å². The Morgan fingerprint density at radius 3 is 2.47 bits per heavy atom. The molecule has 2 heterocycles. The van der Waals surface area contributed by atoms with Gasteiger partial charge in [-0.2, -0.15) is 0 Å². The molecule has 1 N–H and O–H groups in total. The summed E-state index contributed by atoms with van der Waals surface area (Å²) in [4.78, 5) is 29.7. The van der Waals surface area contributed by atoms with E-state index in [0.717, 1.165) is 0 Å². The Hall–Kier alpha value is -3.72. The number of hydrogen-bond donors (Lipinski definition) is 1. The number of rotatable bonds is 7. The molecular weight excluding hydrogens is 440 g/mol. The fraction of sp³-hybridized carbons (Fsp3) is 0.360. The van der Waals surface area contributed by atoms with Crippen LogP contribution in [-0.2, 0) is 9.59 Å². The maximum atomic E-state index is 13.2. The molecule has 9 heteroatoms. The summed E-state index contributed by atoms with van der Waals surface area (Å²) in [6, 6.07) is 9.24. The Bertz CT molecular complexity index is 1140. The number of nitrogens with zero attached hydrogens (tertiary/aromatic N) is 2. The molecule has 0 bridgehead atoms. The van der Waals surface area contributed by atoms with E-state index in [0.29, 0.717) is 53.9 Å². The van der Waals surface area contributed by atoms with Crippen LogP contribution in [0.3, 0.4) is 0 Å². The number of benzene rings is 2. The fourth-order valence-electron chi connectivity index (χ4n) is 4.13. The first-order chi connectivity index (χ1) is 16.3. The average Bonchev–Trinajstić information content (AvgIpc) is 3.10. The first kappa shape index (κ1) is 23.4. The maximum absolute atomic E-state index is 13.2. The SMILES string of the molecule is COc1ccc([C@@H]2C(=C(O)c3ccc4c(c3)OCCO4)C(=O)C(=O)N2CCN(C)C)c(OC)c1. The largest absolute Gasteiger partial charge is 0.507 e. The van der Waals surface area contributed by atoms with E-state index in [4.69, 9.17) is 18.9 Å². The lowest BCUT2D eigenvalue weighted by Crippen LogP contribution is -2.35. The van der Waals surface area contributed by atoms with Crippen molar-refractivity contribution in [1.82, 2.24) is 9.80 Å². The number of likely N-dealkylation sites (tertiary alicyclic amines) is 1. The van der Waals surface area contributed by atoms with Gasteiger partial charge in [-0.05, 0) is 44.4 Å². The van der Waals surface area contributed by atoms with Crippen LogP contribution in [0.2, 0.25) is 0 Å². The van der Waals surface area contributed by atoms with Crippen molar-refractivity contribution in [2.24, 2.45) is 0 Å². The molecule has 2 aromatic carbocycles. The van der Waals surface area contributed by atoms with E-state index < -0.39 is 17.7 Å². The molecular formula is C25H28N2O7. The third kappa shape index (κ3) is 4.26. The molecule has 1 amide bonds. The van der Waals surface area contributed by atoms with Crippen LogP contribution in [0.5, 0.6) is 23.0 Å². The number of aliphatic hydroxyl groups excluding tert-OH is 1. The van der Waals surface area contributed by atoms with Gasteiger partial charge >= 0.3 is 0 Å². The summed E-state index contributed by atoms with van der Waals surface area (Å²) in [7, 11) is 6.81. The summed E-state index contributed by atoms with van der Waals surface area (Å²) < 4.78 is 22.0. The second-order valence-corrected chi connectivity index (χ2v) is 8.26. The van der Waals surface area contributed by atoms with Gasteiger partial charge in [-0.1, -0.05) is 0 Å². The molecule has 4 rings (SSSR count). The highest BCUT2D eigenvalue weighted by atomic mass is 16.6. The first-order valence-electron chi connectivity index (χ1n) is 10.9. The Kier molecular flexibility index (Phi) is 6.65. The lowest BCUT2D eigenvalue weighted by Gasteiger charge is -2.28. The van der Waals surface area contributed by atoms with E-state index in [-0.39, 0.29) is 17.9 Å². The van der Waals surface area contributed by atoms with Gasteiger partial charge in [0.05, 0.1) is 25.8 Å². The van der Waals surface area contributed by atoms with Gasteiger partial charge < -0.3 is 33.9 Å². The molecule has 0 radical (unpaired) electrons. The molecule has 1 atom stereocenters. The molecule has 180 valence electrons. The monoisotopic (exact) mass is 468 g/mol. The zero-order valence-corrected chi connectivity index (χ0v) is 19.7. The van der Waals surface area contributed by atoms with Crippen LogP contribution in [0.1, 0.15) is 17.2 Å². The number of Topliss-reactive ketones (excluding diaryl/α,β-unsaturated/α-hetero) is 1. The molecule has 2 aliphatic heterocycles. The van der Waals surface area contributed by atoms with E-state index >= 15 is 0 Å². The zero-order chi connectivity index (χ0) is 24.4. The molecule has 0 aliphatic carbocycles. The molecule has 9 nitrogen and oxygen atoms in total. The van der Waals surface area contributed by atoms with Gasteiger partial charge in [0.1, 0.15) is 30.5 Å². The summed E-state index contributed by atoms with van der Waals surface area (Å²) in [5.74, 6) is 0.313. The number of ketones is 1. The minimum absolute atomic E-state index is 0.0103. The standard InChI is InChI=1S/C25H28N2O7/c1-26(2)9-10-27-22(17-7-6-16(31-3)14-19(17)32-4)21(24(29)25(27)30)23(28)15-5-8-18-20(13-15)34-12-11-33-18/h5-8,13-14,22,28H,9-12H2,1-4H3/t22-/m1/s1. The van der Waals surface area contributed by atoms with Crippen LogP contribution in [0, 0.1) is 0 Å². The molecule has 0 aromatic heterocycles. The van der Waals surface area contributed by atoms with Crippen molar-refractivity contribution >= 4 is 17.4 Å². The number of carbonyl (C=O) groups excluding carboxylic acids is 2. The highest BCUT2D eigenvalue weighted by Crippen LogP contribution is 2.44. The molecule has 2 aliphatic rings. The number of hydrogen-bond acceptors (Lipinski definition) is 8. The summed E-state index contributed by atoms with van der Waals surface area (Å²) >= 11 is 0. The number of amides is 1. The molecule has 1 saturated heterocycles.